The van der Waals surface area contributed by atoms with Gasteiger partial charge in [0.2, 0.25) is 0 Å². The molecule has 1 fully saturated rings. The lowest BCUT2D eigenvalue weighted by atomic mass is 10.3. The zero-order valence-electron chi connectivity index (χ0n) is 15.7. The Kier molecular flexibility index (Phi) is 6.58. The Bertz CT molecular complexity index is 955. The zero-order valence-corrected chi connectivity index (χ0v) is 17.3. The number of nitrogens with one attached hydrogen (secondary N) is 1. The summed E-state index contributed by atoms with van der Waals surface area (Å²) in [4.78, 5) is 12.8. The van der Waals surface area contributed by atoms with Crippen LogP contribution in [-0.4, -0.2) is 45.7 Å². The molecule has 3 heterocycles. The molecule has 2 aromatic heterocycles. The first-order chi connectivity index (χ1) is 14.2. The fourth-order valence-corrected chi connectivity index (χ4v) is 4.83. The fourth-order valence-electron chi connectivity index (χ4n) is 3.16. The Hall–Kier alpha value is -2.23. The predicted octanol–water partition coefficient (Wildman–Crippen LogP) is 3.71. The second-order valence-electron chi connectivity index (χ2n) is 6.61. The summed E-state index contributed by atoms with van der Waals surface area (Å²) in [6.45, 7) is 1.18. The van der Waals surface area contributed by atoms with E-state index in [9.17, 15) is 9.18 Å². The van der Waals surface area contributed by atoms with E-state index in [1.165, 1.54) is 29.2 Å². The quantitative estimate of drug-likeness (QED) is 0.550. The molecule has 6 nitrogen and oxygen atoms in total. The van der Waals surface area contributed by atoms with Crippen LogP contribution in [-0.2, 0) is 11.2 Å². The number of benzene rings is 1. The number of carbonyl (C=O) groups excluding carboxylic acids is 1. The molecule has 152 valence electrons. The highest BCUT2D eigenvalue weighted by molar-refractivity contribution is 7.99. The molecule has 0 saturated carbocycles. The first kappa shape index (κ1) is 20.1. The maximum absolute atomic E-state index is 14.5. The van der Waals surface area contributed by atoms with Gasteiger partial charge in [0.1, 0.15) is 11.6 Å². The number of rotatable bonds is 8. The number of hydrogen-bond acceptors (Lipinski definition) is 6. The van der Waals surface area contributed by atoms with Crippen LogP contribution >= 0.6 is 23.1 Å². The van der Waals surface area contributed by atoms with Crippen molar-refractivity contribution in [3.8, 4) is 5.69 Å². The first-order valence-electron chi connectivity index (χ1n) is 9.47. The van der Waals surface area contributed by atoms with Crippen molar-refractivity contribution in [1.82, 2.24) is 20.1 Å². The van der Waals surface area contributed by atoms with Crippen molar-refractivity contribution in [2.75, 3.05) is 18.9 Å². The second-order valence-corrected chi connectivity index (χ2v) is 8.55. The maximum atomic E-state index is 14.5. The number of carbonyl (C=O) groups is 1. The third-order valence-electron chi connectivity index (χ3n) is 4.60. The standard InChI is InChI=1S/C20H21FN4O2S2/c21-15-6-1-2-7-16(15)25-18(9-10-22-19(26)17-8-4-12-28-17)23-24-20(25)29-13-14-5-3-11-27-14/h1-2,4,6-8,12,14H,3,5,9-11,13H2,(H,22,26)/t14-/m0/s1. The van der Waals surface area contributed by atoms with E-state index >= 15 is 0 Å². The summed E-state index contributed by atoms with van der Waals surface area (Å²) in [6, 6.07) is 10.2. The zero-order chi connectivity index (χ0) is 20.1. The van der Waals surface area contributed by atoms with Gasteiger partial charge in [-0.3, -0.25) is 9.36 Å². The van der Waals surface area contributed by atoms with Gasteiger partial charge in [-0.1, -0.05) is 30.0 Å². The number of amides is 1. The lowest BCUT2D eigenvalue weighted by molar-refractivity contribution is 0.0958. The van der Waals surface area contributed by atoms with Crippen LogP contribution < -0.4 is 5.32 Å². The van der Waals surface area contributed by atoms with Crippen molar-refractivity contribution < 1.29 is 13.9 Å². The molecule has 1 aromatic carbocycles. The van der Waals surface area contributed by atoms with Crippen molar-refractivity contribution in [2.24, 2.45) is 0 Å². The van der Waals surface area contributed by atoms with Gasteiger partial charge in [-0.05, 0) is 36.4 Å². The predicted molar refractivity (Wildman–Crippen MR) is 111 cm³/mol. The Morgan fingerprint density at radius 1 is 1.31 bits per heavy atom. The van der Waals surface area contributed by atoms with Gasteiger partial charge in [-0.25, -0.2) is 4.39 Å². The normalized spacial score (nSPS) is 16.2. The average Bonchev–Trinajstić information content (AvgIpc) is 3.49. The van der Waals surface area contributed by atoms with Crippen LogP contribution in [0.2, 0.25) is 0 Å². The highest BCUT2D eigenvalue weighted by Gasteiger charge is 2.21. The van der Waals surface area contributed by atoms with Crippen LogP contribution in [0.15, 0.2) is 46.9 Å². The van der Waals surface area contributed by atoms with E-state index in [-0.39, 0.29) is 17.8 Å². The number of aromatic nitrogens is 3. The number of ether oxygens (including phenoxy) is 1. The number of hydrogen-bond donors (Lipinski definition) is 1. The molecule has 1 atom stereocenters. The van der Waals surface area contributed by atoms with E-state index in [1.807, 2.05) is 11.4 Å². The van der Waals surface area contributed by atoms with E-state index in [2.05, 4.69) is 15.5 Å². The lowest BCUT2D eigenvalue weighted by Gasteiger charge is -2.13. The van der Waals surface area contributed by atoms with Gasteiger partial charge in [0.25, 0.3) is 5.91 Å². The average molecular weight is 433 g/mol. The van der Waals surface area contributed by atoms with Crippen LogP contribution in [0.5, 0.6) is 0 Å². The van der Waals surface area contributed by atoms with Gasteiger partial charge in [-0.15, -0.1) is 21.5 Å². The molecule has 3 aromatic rings. The Morgan fingerprint density at radius 2 is 2.21 bits per heavy atom. The summed E-state index contributed by atoms with van der Waals surface area (Å²) in [5, 5.41) is 13.9. The van der Waals surface area contributed by atoms with Gasteiger partial charge < -0.3 is 10.1 Å². The van der Waals surface area contributed by atoms with Crippen molar-refractivity contribution in [3.05, 3.63) is 58.3 Å². The number of nitrogens with zero attached hydrogens (tertiary/aromatic N) is 3. The largest absolute Gasteiger partial charge is 0.377 e. The van der Waals surface area contributed by atoms with Crippen molar-refractivity contribution >= 4 is 29.0 Å². The van der Waals surface area contributed by atoms with E-state index in [4.69, 9.17) is 4.74 Å². The van der Waals surface area contributed by atoms with Gasteiger partial charge >= 0.3 is 0 Å². The monoisotopic (exact) mass is 432 g/mol. The molecular formula is C20H21FN4O2S2. The molecule has 4 rings (SSSR count). The fraction of sp³-hybridized carbons (Fsp3) is 0.350. The summed E-state index contributed by atoms with van der Waals surface area (Å²) in [7, 11) is 0. The molecule has 0 spiro atoms. The molecule has 1 amide bonds. The number of para-hydroxylation sites is 1. The van der Waals surface area contributed by atoms with Crippen molar-refractivity contribution in [1.29, 1.82) is 0 Å². The number of thiophene rings is 1. The number of thioether (sulfide) groups is 1. The molecule has 9 heteroatoms. The molecule has 1 aliphatic rings. The van der Waals surface area contributed by atoms with Crippen molar-refractivity contribution in [3.63, 3.8) is 0 Å². The Labute approximate surface area is 176 Å². The van der Waals surface area contributed by atoms with Gasteiger partial charge in [0.15, 0.2) is 5.16 Å². The van der Waals surface area contributed by atoms with E-state index < -0.39 is 0 Å². The summed E-state index contributed by atoms with van der Waals surface area (Å²) in [6.07, 6.45) is 2.74. The molecule has 0 unspecified atom stereocenters. The first-order valence-corrected chi connectivity index (χ1v) is 11.3. The maximum Gasteiger partial charge on any atom is 0.261 e. The van der Waals surface area contributed by atoms with Crippen LogP contribution in [0, 0.1) is 5.82 Å². The summed E-state index contributed by atoms with van der Waals surface area (Å²) in [5.74, 6) is 0.901. The molecular weight excluding hydrogens is 411 g/mol. The summed E-state index contributed by atoms with van der Waals surface area (Å²) in [5.41, 5.74) is 0.409. The highest BCUT2D eigenvalue weighted by Crippen LogP contribution is 2.27. The van der Waals surface area contributed by atoms with Gasteiger partial charge in [0.05, 0.1) is 16.7 Å². The van der Waals surface area contributed by atoms with E-state index in [1.54, 1.807) is 28.8 Å². The second kappa shape index (κ2) is 9.51. The molecule has 0 aliphatic carbocycles. The van der Waals surface area contributed by atoms with Crippen LogP contribution in [0.4, 0.5) is 4.39 Å². The summed E-state index contributed by atoms with van der Waals surface area (Å²) < 4.78 is 21.9. The third kappa shape index (κ3) is 4.85. The Morgan fingerprint density at radius 3 is 2.97 bits per heavy atom. The Balaban J connectivity index is 1.49. The van der Waals surface area contributed by atoms with Gasteiger partial charge in [-0.2, -0.15) is 0 Å². The third-order valence-corrected chi connectivity index (χ3v) is 6.52. The van der Waals surface area contributed by atoms with Crippen molar-refractivity contribution in [2.45, 2.75) is 30.5 Å². The minimum atomic E-state index is -0.338. The highest BCUT2D eigenvalue weighted by atomic mass is 32.2. The summed E-state index contributed by atoms with van der Waals surface area (Å²) >= 11 is 2.91. The molecule has 0 bridgehead atoms. The lowest BCUT2D eigenvalue weighted by Crippen LogP contribution is -2.25. The van der Waals surface area contributed by atoms with Crippen LogP contribution in [0.25, 0.3) is 5.69 Å². The number of halogens is 1. The molecule has 1 aliphatic heterocycles. The smallest absolute Gasteiger partial charge is 0.261 e. The topological polar surface area (TPSA) is 69.0 Å². The SMILES string of the molecule is O=C(NCCc1nnc(SC[C@@H]2CCCO2)n1-c1ccccc1F)c1cccs1. The molecule has 1 saturated heterocycles. The van der Waals surface area contributed by atoms with Gasteiger partial charge in [0, 0.05) is 25.3 Å². The minimum Gasteiger partial charge on any atom is -0.377 e. The minimum absolute atomic E-state index is 0.120. The molecule has 0 radical (unpaired) electrons. The molecule has 29 heavy (non-hydrogen) atoms. The van der Waals surface area contributed by atoms with Crippen LogP contribution in [0.1, 0.15) is 28.3 Å². The van der Waals surface area contributed by atoms with E-state index in [0.717, 1.165) is 25.2 Å². The van der Waals surface area contributed by atoms with E-state index in [0.29, 0.717) is 34.5 Å². The molecule has 1 N–H and O–H groups in total. The van der Waals surface area contributed by atoms with Crippen LogP contribution in [0.3, 0.4) is 0 Å².